The highest BCUT2D eigenvalue weighted by atomic mass is 16.5. The van der Waals surface area contributed by atoms with Crippen molar-refractivity contribution < 1.29 is 9.53 Å². The molecule has 1 saturated heterocycles. The van der Waals surface area contributed by atoms with E-state index in [4.69, 9.17) is 4.74 Å². The van der Waals surface area contributed by atoms with E-state index in [0.717, 1.165) is 18.7 Å². The Kier molecular flexibility index (Phi) is 5.01. The number of benzene rings is 1. The van der Waals surface area contributed by atoms with Crippen LogP contribution in [0.3, 0.4) is 0 Å². The van der Waals surface area contributed by atoms with Crippen LogP contribution in [-0.2, 0) is 4.79 Å². The van der Waals surface area contributed by atoms with Gasteiger partial charge in [-0.15, -0.1) is 0 Å². The fraction of sp³-hybridized carbons (Fsp3) is 0.562. The average Bonchev–Trinajstić information content (AvgIpc) is 2.86. The van der Waals surface area contributed by atoms with Crippen molar-refractivity contribution in [1.29, 1.82) is 0 Å². The van der Waals surface area contributed by atoms with Crippen LogP contribution >= 0.6 is 0 Å². The minimum Gasteiger partial charge on any atom is -0.492 e. The van der Waals surface area contributed by atoms with E-state index >= 15 is 0 Å². The van der Waals surface area contributed by atoms with Crippen molar-refractivity contribution >= 4 is 5.91 Å². The van der Waals surface area contributed by atoms with Crippen molar-refractivity contribution in [3.05, 3.63) is 29.8 Å². The lowest BCUT2D eigenvalue weighted by Crippen LogP contribution is -2.39. The topological polar surface area (TPSA) is 41.6 Å². The highest BCUT2D eigenvalue weighted by Gasteiger charge is 2.31. The molecule has 0 bridgehead atoms. The predicted octanol–water partition coefficient (Wildman–Crippen LogP) is 1.83. The van der Waals surface area contributed by atoms with Crippen molar-refractivity contribution in [2.45, 2.75) is 26.3 Å². The highest BCUT2D eigenvalue weighted by molar-refractivity contribution is 5.79. The molecule has 1 fully saturated rings. The normalized spacial score (nSPS) is 21.8. The van der Waals surface area contributed by atoms with Crippen LogP contribution in [0.4, 0.5) is 0 Å². The summed E-state index contributed by atoms with van der Waals surface area (Å²) in [7, 11) is 1.85. The molecule has 1 aliphatic rings. The molecule has 2 unspecified atom stereocenters. The summed E-state index contributed by atoms with van der Waals surface area (Å²) in [5.41, 5.74) is 1.22. The molecule has 0 saturated carbocycles. The summed E-state index contributed by atoms with van der Waals surface area (Å²) >= 11 is 0. The Morgan fingerprint density at radius 2 is 2.10 bits per heavy atom. The van der Waals surface area contributed by atoms with E-state index in [1.54, 1.807) is 4.90 Å². The van der Waals surface area contributed by atoms with Crippen LogP contribution < -0.4 is 10.1 Å². The van der Waals surface area contributed by atoms with Crippen molar-refractivity contribution in [3.8, 4) is 5.75 Å². The van der Waals surface area contributed by atoms with Gasteiger partial charge >= 0.3 is 0 Å². The van der Waals surface area contributed by atoms with Crippen LogP contribution in [0, 0.1) is 12.8 Å². The third-order valence-electron chi connectivity index (χ3n) is 3.94. The lowest BCUT2D eigenvalue weighted by molar-refractivity contribution is -0.134. The van der Waals surface area contributed by atoms with E-state index in [-0.39, 0.29) is 17.9 Å². The van der Waals surface area contributed by atoms with E-state index < -0.39 is 0 Å². The first-order chi connectivity index (χ1) is 9.58. The molecule has 1 N–H and O–H groups in total. The molecule has 0 spiro atoms. The van der Waals surface area contributed by atoms with E-state index in [1.165, 1.54) is 5.56 Å². The zero-order chi connectivity index (χ0) is 14.5. The number of amides is 1. The first kappa shape index (κ1) is 14.9. The molecule has 1 aromatic carbocycles. The molecule has 0 aliphatic carbocycles. The van der Waals surface area contributed by atoms with Crippen LogP contribution in [0.25, 0.3) is 0 Å². The summed E-state index contributed by atoms with van der Waals surface area (Å²) in [6.45, 7) is 6.21. The fourth-order valence-corrected chi connectivity index (χ4v) is 2.52. The molecule has 2 atom stereocenters. The first-order valence-electron chi connectivity index (χ1n) is 7.26. The van der Waals surface area contributed by atoms with Crippen LogP contribution in [-0.4, -0.2) is 43.6 Å². The third-order valence-corrected chi connectivity index (χ3v) is 3.94. The van der Waals surface area contributed by atoms with E-state index in [0.29, 0.717) is 13.2 Å². The Bertz CT molecular complexity index is 444. The van der Waals surface area contributed by atoms with Gasteiger partial charge in [-0.1, -0.05) is 17.7 Å². The second-order valence-electron chi connectivity index (χ2n) is 5.56. The Morgan fingerprint density at radius 3 is 2.70 bits per heavy atom. The smallest absolute Gasteiger partial charge is 0.227 e. The Hall–Kier alpha value is -1.55. The number of rotatable bonds is 5. The third kappa shape index (κ3) is 3.73. The second kappa shape index (κ2) is 6.75. The minimum absolute atomic E-state index is 0.111. The quantitative estimate of drug-likeness (QED) is 0.892. The van der Waals surface area contributed by atoms with Gasteiger partial charge in [0.1, 0.15) is 12.4 Å². The maximum absolute atomic E-state index is 12.3. The molecular formula is C16H24N2O2. The largest absolute Gasteiger partial charge is 0.492 e. The van der Waals surface area contributed by atoms with Crippen molar-refractivity contribution in [3.63, 3.8) is 0 Å². The standard InChI is InChI=1S/C16H24N2O2/c1-12-4-6-14(7-5-12)20-11-10-18(3)16(19)15-8-9-17-13(15)2/h4-7,13,15,17H,8-11H2,1-3H3. The summed E-state index contributed by atoms with van der Waals surface area (Å²) in [6.07, 6.45) is 0.934. The Balaban J connectivity index is 1.75. The van der Waals surface area contributed by atoms with Gasteiger partial charge in [0.25, 0.3) is 0 Å². The van der Waals surface area contributed by atoms with Crippen LogP contribution in [0.15, 0.2) is 24.3 Å². The lowest BCUT2D eigenvalue weighted by Gasteiger charge is -2.23. The van der Waals surface area contributed by atoms with Gasteiger partial charge < -0.3 is 15.0 Å². The van der Waals surface area contributed by atoms with Gasteiger partial charge in [-0.3, -0.25) is 4.79 Å². The predicted molar refractivity (Wildman–Crippen MR) is 79.9 cm³/mol. The summed E-state index contributed by atoms with van der Waals surface area (Å²) in [5, 5.41) is 3.31. The number of likely N-dealkylation sites (N-methyl/N-ethyl adjacent to an activating group) is 1. The molecule has 4 heteroatoms. The Morgan fingerprint density at radius 1 is 1.40 bits per heavy atom. The molecule has 0 radical (unpaired) electrons. The SMILES string of the molecule is Cc1ccc(OCCN(C)C(=O)C2CCNC2C)cc1. The second-order valence-corrected chi connectivity index (χ2v) is 5.56. The monoisotopic (exact) mass is 276 g/mol. The van der Waals surface area contributed by atoms with Gasteiger partial charge in [0.05, 0.1) is 12.5 Å². The molecular weight excluding hydrogens is 252 g/mol. The molecule has 2 rings (SSSR count). The van der Waals surface area contributed by atoms with Gasteiger partial charge in [0.15, 0.2) is 0 Å². The van der Waals surface area contributed by atoms with Crippen LogP contribution in [0.5, 0.6) is 5.75 Å². The zero-order valence-electron chi connectivity index (χ0n) is 12.6. The summed E-state index contributed by atoms with van der Waals surface area (Å²) in [5.74, 6) is 1.18. The molecule has 20 heavy (non-hydrogen) atoms. The number of hydrogen-bond acceptors (Lipinski definition) is 3. The molecule has 4 nitrogen and oxygen atoms in total. The van der Waals surface area contributed by atoms with Crippen molar-refractivity contribution in [1.82, 2.24) is 10.2 Å². The van der Waals surface area contributed by atoms with Crippen LogP contribution in [0.2, 0.25) is 0 Å². The number of aryl methyl sites for hydroxylation is 1. The van der Waals surface area contributed by atoms with Crippen LogP contribution in [0.1, 0.15) is 18.9 Å². The number of carbonyl (C=O) groups excluding carboxylic acids is 1. The summed E-state index contributed by atoms with van der Waals surface area (Å²) < 4.78 is 5.66. The average molecular weight is 276 g/mol. The van der Waals surface area contributed by atoms with Crippen molar-refractivity contribution in [2.75, 3.05) is 26.7 Å². The maximum Gasteiger partial charge on any atom is 0.227 e. The Labute approximate surface area is 121 Å². The molecule has 0 aromatic heterocycles. The number of carbonyl (C=O) groups is 1. The van der Waals surface area contributed by atoms with Gasteiger partial charge in [-0.2, -0.15) is 0 Å². The first-order valence-corrected chi connectivity index (χ1v) is 7.26. The number of nitrogens with one attached hydrogen (secondary N) is 1. The van der Waals surface area contributed by atoms with Crippen molar-refractivity contribution in [2.24, 2.45) is 5.92 Å². The number of hydrogen-bond donors (Lipinski definition) is 1. The lowest BCUT2D eigenvalue weighted by atomic mass is 10.0. The van der Waals surface area contributed by atoms with Gasteiger partial charge in [-0.05, 0) is 38.9 Å². The van der Waals surface area contributed by atoms with E-state index in [2.05, 4.69) is 12.2 Å². The fourth-order valence-electron chi connectivity index (χ4n) is 2.52. The number of nitrogens with zero attached hydrogens (tertiary/aromatic N) is 1. The van der Waals surface area contributed by atoms with E-state index in [9.17, 15) is 4.79 Å². The molecule has 1 aromatic rings. The maximum atomic E-state index is 12.3. The summed E-state index contributed by atoms with van der Waals surface area (Å²) in [6, 6.07) is 8.25. The van der Waals surface area contributed by atoms with E-state index in [1.807, 2.05) is 38.2 Å². The van der Waals surface area contributed by atoms with Gasteiger partial charge in [0.2, 0.25) is 5.91 Å². The van der Waals surface area contributed by atoms with Gasteiger partial charge in [-0.25, -0.2) is 0 Å². The molecule has 1 heterocycles. The molecule has 110 valence electrons. The number of ether oxygens (including phenoxy) is 1. The molecule has 1 aliphatic heterocycles. The summed E-state index contributed by atoms with van der Waals surface area (Å²) in [4.78, 5) is 14.1. The van der Waals surface area contributed by atoms with Gasteiger partial charge in [0, 0.05) is 13.1 Å². The molecule has 1 amide bonds. The highest BCUT2D eigenvalue weighted by Crippen LogP contribution is 2.17. The minimum atomic E-state index is 0.111. The zero-order valence-corrected chi connectivity index (χ0v) is 12.6.